The van der Waals surface area contributed by atoms with E-state index in [1.165, 1.54) is 0 Å². The third kappa shape index (κ3) is 4.19. The van der Waals surface area contributed by atoms with Crippen LogP contribution in [0.5, 0.6) is 0 Å². The highest BCUT2D eigenvalue weighted by Gasteiger charge is 2.09. The minimum absolute atomic E-state index is 0.101. The van der Waals surface area contributed by atoms with Crippen LogP contribution in [-0.2, 0) is 6.42 Å². The molecule has 3 heteroatoms. The first-order valence-electron chi connectivity index (χ1n) is 8.01. The highest BCUT2D eigenvalue weighted by atomic mass is 19.1. The Morgan fingerprint density at radius 1 is 1.04 bits per heavy atom. The molecule has 0 saturated heterocycles. The normalized spacial score (nSPS) is 11.2. The molecular weight excluding hydrogens is 287 g/mol. The molecule has 0 radical (unpaired) electrons. The van der Waals surface area contributed by atoms with Gasteiger partial charge in [-0.2, -0.15) is 0 Å². The van der Waals surface area contributed by atoms with Crippen LogP contribution >= 0.6 is 0 Å². The predicted octanol–water partition coefficient (Wildman–Crippen LogP) is 4.95. The summed E-state index contributed by atoms with van der Waals surface area (Å²) in [6.45, 7) is 8.92. The quantitative estimate of drug-likeness (QED) is 0.563. The number of halogens is 1. The smallest absolute Gasteiger partial charge is 0.129 e. The van der Waals surface area contributed by atoms with Crippen molar-refractivity contribution in [1.29, 1.82) is 0 Å². The van der Waals surface area contributed by atoms with Gasteiger partial charge >= 0.3 is 0 Å². The Kier molecular flexibility index (Phi) is 5.54. The Morgan fingerprint density at radius 2 is 1.78 bits per heavy atom. The Labute approximate surface area is 138 Å². The fourth-order valence-corrected chi connectivity index (χ4v) is 2.48. The Hall–Kier alpha value is -2.16. The molecule has 0 bridgehead atoms. The van der Waals surface area contributed by atoms with Crippen LogP contribution in [0.1, 0.15) is 34.7 Å². The molecule has 2 rings (SSSR count). The lowest BCUT2D eigenvalue weighted by atomic mass is 9.96. The number of benzene rings is 2. The maximum absolute atomic E-state index is 14.2. The van der Waals surface area contributed by atoms with Crippen LogP contribution in [0.25, 0.3) is 0 Å². The van der Waals surface area contributed by atoms with Gasteiger partial charge in [0.15, 0.2) is 0 Å². The average molecular weight is 312 g/mol. The lowest BCUT2D eigenvalue weighted by Crippen LogP contribution is -2.14. The summed E-state index contributed by atoms with van der Waals surface area (Å²) in [6.07, 6.45) is 2.46. The molecule has 0 aromatic heterocycles. The summed E-state index contributed by atoms with van der Waals surface area (Å²) in [7, 11) is 2.00. The van der Waals surface area contributed by atoms with E-state index in [0.29, 0.717) is 12.0 Å². The van der Waals surface area contributed by atoms with Gasteiger partial charge in [0.2, 0.25) is 0 Å². The molecule has 0 aliphatic heterocycles. The first kappa shape index (κ1) is 17.2. The molecule has 0 atom stereocenters. The lowest BCUT2D eigenvalue weighted by Gasteiger charge is -2.13. The first-order valence-corrected chi connectivity index (χ1v) is 8.01. The second-order valence-corrected chi connectivity index (χ2v) is 6.11. The van der Waals surface area contributed by atoms with Crippen molar-refractivity contribution in [3.63, 3.8) is 0 Å². The topological polar surface area (TPSA) is 15.6 Å². The van der Waals surface area contributed by atoms with E-state index in [1.807, 2.05) is 37.3 Å². The molecule has 0 fully saturated rings. The molecule has 0 heterocycles. The number of hydrogen-bond acceptors (Lipinski definition) is 1. The molecule has 23 heavy (non-hydrogen) atoms. The maximum Gasteiger partial charge on any atom is 0.129 e. The van der Waals surface area contributed by atoms with Crippen molar-refractivity contribution in [2.75, 3.05) is 13.6 Å². The van der Waals surface area contributed by atoms with Crippen LogP contribution in [0.3, 0.4) is 0 Å². The van der Waals surface area contributed by atoms with Crippen molar-refractivity contribution in [3.05, 3.63) is 64.0 Å². The summed E-state index contributed by atoms with van der Waals surface area (Å²) in [4.78, 5) is 6.58. The van der Waals surface area contributed by atoms with Gasteiger partial charge in [0, 0.05) is 20.0 Å². The van der Waals surface area contributed by atoms with Crippen molar-refractivity contribution in [1.82, 2.24) is 4.90 Å². The van der Waals surface area contributed by atoms with Crippen molar-refractivity contribution in [2.24, 2.45) is 4.99 Å². The third-order valence-corrected chi connectivity index (χ3v) is 4.20. The van der Waals surface area contributed by atoms with E-state index in [2.05, 4.69) is 31.0 Å². The second-order valence-electron chi connectivity index (χ2n) is 6.11. The van der Waals surface area contributed by atoms with Gasteiger partial charge in [0.05, 0.1) is 12.0 Å². The Balaban J connectivity index is 2.30. The summed E-state index contributed by atoms with van der Waals surface area (Å²) < 4.78 is 14.2. The monoisotopic (exact) mass is 312 g/mol. The zero-order valence-corrected chi connectivity index (χ0v) is 14.7. The van der Waals surface area contributed by atoms with Gasteiger partial charge in [-0.25, -0.2) is 9.38 Å². The summed E-state index contributed by atoms with van der Waals surface area (Å²) >= 11 is 0. The first-order chi connectivity index (χ1) is 10.9. The molecule has 0 unspecified atom stereocenters. The van der Waals surface area contributed by atoms with Crippen LogP contribution in [0.15, 0.2) is 35.3 Å². The number of aryl methyl sites for hydroxylation is 3. The van der Waals surface area contributed by atoms with Gasteiger partial charge < -0.3 is 4.90 Å². The van der Waals surface area contributed by atoms with E-state index < -0.39 is 0 Å². The van der Waals surface area contributed by atoms with Crippen molar-refractivity contribution >= 4 is 12.0 Å². The van der Waals surface area contributed by atoms with E-state index in [-0.39, 0.29) is 5.82 Å². The molecule has 0 amide bonds. The van der Waals surface area contributed by atoms with Crippen LogP contribution in [-0.4, -0.2) is 24.8 Å². The van der Waals surface area contributed by atoms with E-state index >= 15 is 0 Å². The molecule has 0 N–H and O–H groups in total. The molecule has 2 nitrogen and oxygen atoms in total. The highest BCUT2D eigenvalue weighted by Crippen LogP contribution is 2.26. The number of rotatable bonds is 5. The summed E-state index contributed by atoms with van der Waals surface area (Å²) in [5.41, 5.74) is 5.81. The van der Waals surface area contributed by atoms with E-state index in [0.717, 1.165) is 34.5 Å². The van der Waals surface area contributed by atoms with Gasteiger partial charge in [-0.05, 0) is 61.6 Å². The van der Waals surface area contributed by atoms with Gasteiger partial charge in [0.1, 0.15) is 5.82 Å². The van der Waals surface area contributed by atoms with E-state index in [9.17, 15) is 4.39 Å². The SMILES string of the molecule is CCN(C)/C=N/c1cc(C)c(Cc2cccc(C)c2F)cc1C. The molecule has 0 aliphatic rings. The summed E-state index contributed by atoms with van der Waals surface area (Å²) in [6, 6.07) is 9.78. The minimum Gasteiger partial charge on any atom is -0.366 e. The van der Waals surface area contributed by atoms with E-state index in [1.54, 1.807) is 13.0 Å². The number of aliphatic imine (C=N–C) groups is 1. The minimum atomic E-state index is -0.101. The molecule has 122 valence electrons. The van der Waals surface area contributed by atoms with Gasteiger partial charge in [0.25, 0.3) is 0 Å². The van der Waals surface area contributed by atoms with E-state index in [4.69, 9.17) is 0 Å². The van der Waals surface area contributed by atoms with Crippen LogP contribution in [0.2, 0.25) is 0 Å². The Bertz CT molecular complexity index is 720. The lowest BCUT2D eigenvalue weighted by molar-refractivity contribution is 0.552. The van der Waals surface area contributed by atoms with Crippen LogP contribution in [0.4, 0.5) is 10.1 Å². The molecule has 0 aliphatic carbocycles. The Morgan fingerprint density at radius 3 is 2.48 bits per heavy atom. The standard InChI is InChI=1S/C20H25FN2/c1-6-23(5)13-22-19-11-15(3)18(10-16(19)4)12-17-9-7-8-14(2)20(17)21/h7-11,13H,6,12H2,1-5H3/b22-13+. The number of hydrogen-bond donors (Lipinski definition) is 0. The summed E-state index contributed by atoms with van der Waals surface area (Å²) in [5.74, 6) is -0.101. The van der Waals surface area contributed by atoms with Crippen molar-refractivity contribution in [3.8, 4) is 0 Å². The average Bonchev–Trinajstić information content (AvgIpc) is 2.53. The maximum atomic E-state index is 14.2. The molecule has 2 aromatic rings. The van der Waals surface area contributed by atoms with Gasteiger partial charge in [-0.1, -0.05) is 24.3 Å². The van der Waals surface area contributed by atoms with Gasteiger partial charge in [-0.3, -0.25) is 0 Å². The fraction of sp³-hybridized carbons (Fsp3) is 0.350. The van der Waals surface area contributed by atoms with Crippen molar-refractivity contribution < 1.29 is 4.39 Å². The third-order valence-electron chi connectivity index (χ3n) is 4.20. The van der Waals surface area contributed by atoms with Gasteiger partial charge in [-0.15, -0.1) is 0 Å². The van der Waals surface area contributed by atoms with Crippen molar-refractivity contribution in [2.45, 2.75) is 34.1 Å². The molecular formula is C20H25FN2. The predicted molar refractivity (Wildman–Crippen MR) is 96.3 cm³/mol. The molecule has 2 aromatic carbocycles. The zero-order chi connectivity index (χ0) is 17.0. The highest BCUT2D eigenvalue weighted by molar-refractivity contribution is 5.64. The molecule has 0 spiro atoms. The second kappa shape index (κ2) is 7.40. The van der Waals surface area contributed by atoms with Crippen LogP contribution in [0, 0.1) is 26.6 Å². The molecule has 0 saturated carbocycles. The fourth-order valence-electron chi connectivity index (χ4n) is 2.48. The van der Waals surface area contributed by atoms with Crippen LogP contribution < -0.4 is 0 Å². The zero-order valence-electron chi connectivity index (χ0n) is 14.7. The number of nitrogens with zero attached hydrogens (tertiary/aromatic N) is 2. The largest absolute Gasteiger partial charge is 0.366 e. The summed E-state index contributed by atoms with van der Waals surface area (Å²) in [5, 5.41) is 0.